The van der Waals surface area contributed by atoms with Crippen LogP contribution in [0.25, 0.3) is 0 Å². The van der Waals surface area contributed by atoms with Gasteiger partial charge in [0, 0.05) is 18.5 Å². The molecule has 1 saturated heterocycles. The summed E-state index contributed by atoms with van der Waals surface area (Å²) in [5, 5.41) is 2.17. The predicted octanol–water partition coefficient (Wildman–Crippen LogP) is 0.791. The average molecular weight is 264 g/mol. The Morgan fingerprint density at radius 3 is 2.89 bits per heavy atom. The van der Waals surface area contributed by atoms with E-state index in [-0.39, 0.29) is 30.9 Å². The van der Waals surface area contributed by atoms with Crippen LogP contribution in [0.4, 0.5) is 4.39 Å². The number of carbonyl (C=O) groups excluding carboxylic acids is 3. The maximum atomic E-state index is 14.0. The van der Waals surface area contributed by atoms with Crippen LogP contribution in [-0.4, -0.2) is 23.1 Å². The van der Waals surface area contributed by atoms with E-state index in [9.17, 15) is 18.8 Å². The molecule has 0 bridgehead atoms. The Labute approximate surface area is 109 Å². The summed E-state index contributed by atoms with van der Waals surface area (Å²) in [6.45, 7) is 1.66. The highest BCUT2D eigenvalue weighted by atomic mass is 19.1. The maximum absolute atomic E-state index is 14.0. The van der Waals surface area contributed by atoms with Crippen LogP contribution in [0.15, 0.2) is 6.07 Å². The lowest BCUT2D eigenvalue weighted by Gasteiger charge is -2.21. The summed E-state index contributed by atoms with van der Waals surface area (Å²) in [4.78, 5) is 37.3. The Morgan fingerprint density at radius 2 is 2.26 bits per heavy atom. The largest absolute Gasteiger partial charge is 0.303 e. The molecule has 19 heavy (non-hydrogen) atoms. The van der Waals surface area contributed by atoms with Crippen molar-refractivity contribution < 1.29 is 18.8 Å². The van der Waals surface area contributed by atoms with Crippen LogP contribution < -0.4 is 5.32 Å². The lowest BCUT2D eigenvalue weighted by molar-refractivity contribution is -0.134. The van der Waals surface area contributed by atoms with Gasteiger partial charge in [0.2, 0.25) is 11.8 Å². The van der Waals surface area contributed by atoms with Crippen molar-refractivity contribution in [3.63, 3.8) is 0 Å². The average Bonchev–Trinajstić information content (AvgIpc) is 2.34. The maximum Gasteiger partial charge on any atom is 0.235 e. The Kier molecular flexibility index (Phi) is 3.69. The van der Waals surface area contributed by atoms with Gasteiger partial charge in [0.05, 0.1) is 11.6 Å². The molecular formula is C13H13FN2O3. The summed E-state index contributed by atoms with van der Waals surface area (Å²) in [7, 11) is 0. The first-order valence-electron chi connectivity index (χ1n) is 5.96. The Morgan fingerprint density at radius 1 is 1.53 bits per heavy atom. The van der Waals surface area contributed by atoms with Crippen molar-refractivity contribution in [3.8, 4) is 0 Å². The van der Waals surface area contributed by atoms with Crippen molar-refractivity contribution in [1.82, 2.24) is 10.3 Å². The monoisotopic (exact) mass is 264 g/mol. The normalized spacial score (nSPS) is 19.2. The topological polar surface area (TPSA) is 76.1 Å². The number of imide groups is 1. The Balaban J connectivity index is 2.35. The standard InChI is InChI=1S/C13H13FN2O3/c1-7-8(4-5-17)6-10(14)12(15-7)9-2-3-11(18)16-13(9)19/h5-6,9H,2-4H2,1H3,(H,16,18,19). The van der Waals surface area contributed by atoms with Gasteiger partial charge >= 0.3 is 0 Å². The van der Waals surface area contributed by atoms with Crippen LogP contribution in [0.5, 0.6) is 0 Å². The molecule has 0 saturated carbocycles. The number of pyridine rings is 1. The number of rotatable bonds is 3. The van der Waals surface area contributed by atoms with E-state index in [0.717, 1.165) is 0 Å². The minimum Gasteiger partial charge on any atom is -0.303 e. The van der Waals surface area contributed by atoms with Crippen molar-refractivity contribution in [3.05, 3.63) is 28.8 Å². The number of hydrogen-bond acceptors (Lipinski definition) is 4. The van der Waals surface area contributed by atoms with Crippen LogP contribution in [0.3, 0.4) is 0 Å². The van der Waals surface area contributed by atoms with E-state index in [0.29, 0.717) is 17.5 Å². The van der Waals surface area contributed by atoms with Gasteiger partial charge in [-0.25, -0.2) is 4.39 Å². The van der Waals surface area contributed by atoms with Crippen molar-refractivity contribution in [2.75, 3.05) is 0 Å². The number of hydrogen-bond donors (Lipinski definition) is 1. The van der Waals surface area contributed by atoms with E-state index in [1.807, 2.05) is 0 Å². The molecule has 0 radical (unpaired) electrons. The zero-order valence-electron chi connectivity index (χ0n) is 10.4. The van der Waals surface area contributed by atoms with Gasteiger partial charge < -0.3 is 4.79 Å². The van der Waals surface area contributed by atoms with Gasteiger partial charge in [0.25, 0.3) is 0 Å². The fourth-order valence-electron chi connectivity index (χ4n) is 2.13. The molecule has 6 heteroatoms. The predicted molar refractivity (Wildman–Crippen MR) is 63.8 cm³/mol. The van der Waals surface area contributed by atoms with Gasteiger partial charge in [0.1, 0.15) is 12.1 Å². The fraction of sp³-hybridized carbons (Fsp3) is 0.385. The van der Waals surface area contributed by atoms with Crippen molar-refractivity contribution in [2.45, 2.75) is 32.1 Å². The molecule has 1 aromatic heterocycles. The van der Waals surface area contributed by atoms with Crippen LogP contribution in [0.1, 0.15) is 35.7 Å². The third-order valence-electron chi connectivity index (χ3n) is 3.17. The molecule has 0 aliphatic carbocycles. The molecule has 1 N–H and O–H groups in total. The van der Waals surface area contributed by atoms with E-state index in [1.54, 1.807) is 6.92 Å². The molecule has 0 aromatic carbocycles. The molecule has 1 unspecified atom stereocenters. The summed E-state index contributed by atoms with van der Waals surface area (Å²) in [5.74, 6) is -2.24. The van der Waals surface area contributed by atoms with Gasteiger partial charge in [0.15, 0.2) is 0 Å². The highest BCUT2D eigenvalue weighted by molar-refractivity contribution is 6.00. The van der Waals surface area contributed by atoms with E-state index >= 15 is 0 Å². The smallest absolute Gasteiger partial charge is 0.235 e. The first kappa shape index (κ1) is 13.3. The fourth-order valence-corrected chi connectivity index (χ4v) is 2.13. The minimum absolute atomic E-state index is 0.0390. The number of aldehydes is 1. The van der Waals surface area contributed by atoms with E-state index in [4.69, 9.17) is 0 Å². The van der Waals surface area contributed by atoms with E-state index in [1.165, 1.54) is 6.07 Å². The van der Waals surface area contributed by atoms with E-state index in [2.05, 4.69) is 10.3 Å². The molecule has 2 heterocycles. The van der Waals surface area contributed by atoms with Crippen LogP contribution in [0, 0.1) is 12.7 Å². The lowest BCUT2D eigenvalue weighted by Crippen LogP contribution is -2.40. The van der Waals surface area contributed by atoms with Gasteiger partial charge in [-0.3, -0.25) is 19.9 Å². The molecule has 1 aliphatic rings. The Bertz CT molecular complexity index is 557. The second kappa shape index (κ2) is 5.26. The second-order valence-corrected chi connectivity index (χ2v) is 4.47. The molecule has 0 spiro atoms. The first-order chi connectivity index (χ1) is 9.02. The molecule has 1 aliphatic heterocycles. The summed E-state index contributed by atoms with van der Waals surface area (Å²) in [6.07, 6.45) is 1.19. The Hall–Kier alpha value is -2.11. The quantitative estimate of drug-likeness (QED) is 0.647. The number of aryl methyl sites for hydroxylation is 1. The van der Waals surface area contributed by atoms with E-state index < -0.39 is 17.6 Å². The van der Waals surface area contributed by atoms with Crippen LogP contribution >= 0.6 is 0 Å². The summed E-state index contributed by atoms with van der Waals surface area (Å²) in [6, 6.07) is 1.23. The number of nitrogens with one attached hydrogen (secondary N) is 1. The molecule has 2 amide bonds. The molecule has 2 rings (SSSR count). The number of piperidine rings is 1. The molecule has 100 valence electrons. The van der Waals surface area contributed by atoms with Gasteiger partial charge in [-0.2, -0.15) is 0 Å². The lowest BCUT2D eigenvalue weighted by atomic mass is 9.93. The molecule has 1 aromatic rings. The zero-order chi connectivity index (χ0) is 14.0. The number of amides is 2. The van der Waals surface area contributed by atoms with Crippen LogP contribution in [-0.2, 0) is 20.8 Å². The van der Waals surface area contributed by atoms with Crippen molar-refractivity contribution in [1.29, 1.82) is 0 Å². The first-order valence-corrected chi connectivity index (χ1v) is 5.96. The number of nitrogens with zero attached hydrogens (tertiary/aromatic N) is 1. The highest BCUT2D eigenvalue weighted by Gasteiger charge is 2.31. The number of halogens is 1. The summed E-state index contributed by atoms with van der Waals surface area (Å²) < 4.78 is 14.0. The summed E-state index contributed by atoms with van der Waals surface area (Å²) >= 11 is 0. The highest BCUT2D eigenvalue weighted by Crippen LogP contribution is 2.26. The van der Waals surface area contributed by atoms with Gasteiger partial charge in [-0.1, -0.05) is 0 Å². The van der Waals surface area contributed by atoms with Gasteiger partial charge in [-0.15, -0.1) is 0 Å². The summed E-state index contributed by atoms with van der Waals surface area (Å²) in [5.41, 5.74) is 1.06. The second-order valence-electron chi connectivity index (χ2n) is 4.47. The third-order valence-corrected chi connectivity index (χ3v) is 3.17. The number of carbonyl (C=O) groups is 3. The van der Waals surface area contributed by atoms with Gasteiger partial charge in [-0.05, 0) is 25.0 Å². The van der Waals surface area contributed by atoms with Crippen LogP contribution in [0.2, 0.25) is 0 Å². The van der Waals surface area contributed by atoms with Crippen molar-refractivity contribution >= 4 is 18.1 Å². The molecular weight excluding hydrogens is 251 g/mol. The minimum atomic E-state index is -0.748. The zero-order valence-corrected chi connectivity index (χ0v) is 10.4. The molecule has 1 fully saturated rings. The SMILES string of the molecule is Cc1nc(C2CCC(=O)NC2=O)c(F)cc1CC=O. The number of aromatic nitrogens is 1. The third kappa shape index (κ3) is 2.67. The molecule has 1 atom stereocenters. The molecule has 5 nitrogen and oxygen atoms in total. The van der Waals surface area contributed by atoms with Crippen molar-refractivity contribution in [2.24, 2.45) is 0 Å².